The van der Waals surface area contributed by atoms with Crippen molar-refractivity contribution in [2.24, 2.45) is 17.3 Å². The number of rotatable bonds is 1. The highest BCUT2D eigenvalue weighted by Gasteiger charge is 2.57. The van der Waals surface area contributed by atoms with Crippen LogP contribution in [-0.2, 0) is 0 Å². The first-order valence-electron chi connectivity index (χ1n) is 7.83. The van der Waals surface area contributed by atoms with E-state index >= 15 is 0 Å². The smallest absolute Gasteiger partial charge is 0.189 e. The standard InChI is InChI=1S/C19H17N5/c1-24-8-7-14-15(9-20)18(23)19(11-21,12-22)17(16(14)10-24)13-5-3-2-4-6-13/h2-7,15-17,23H,8,10H2,1H3/t15?,16-,17+/m0/s1. The summed E-state index contributed by atoms with van der Waals surface area (Å²) in [6.07, 6.45) is 1.99. The van der Waals surface area contributed by atoms with Crippen LogP contribution in [0.3, 0.4) is 0 Å². The number of benzene rings is 1. The van der Waals surface area contributed by atoms with E-state index in [1.807, 2.05) is 43.5 Å². The van der Waals surface area contributed by atoms with Crippen LogP contribution in [0.15, 0.2) is 42.0 Å². The van der Waals surface area contributed by atoms with E-state index in [1.54, 1.807) is 0 Å². The summed E-state index contributed by atoms with van der Waals surface area (Å²) in [6.45, 7) is 1.38. The zero-order valence-corrected chi connectivity index (χ0v) is 13.4. The Morgan fingerprint density at radius 1 is 1.17 bits per heavy atom. The lowest BCUT2D eigenvalue weighted by molar-refractivity contribution is 0.235. The minimum Gasteiger partial charge on any atom is -0.305 e. The van der Waals surface area contributed by atoms with Gasteiger partial charge < -0.3 is 10.3 Å². The van der Waals surface area contributed by atoms with E-state index in [0.29, 0.717) is 13.1 Å². The van der Waals surface area contributed by atoms with Crippen LogP contribution in [0.25, 0.3) is 0 Å². The predicted octanol–water partition coefficient (Wildman–Crippen LogP) is 2.46. The van der Waals surface area contributed by atoms with Gasteiger partial charge in [0.05, 0.1) is 23.9 Å². The lowest BCUT2D eigenvalue weighted by Gasteiger charge is -2.47. The molecule has 1 aromatic carbocycles. The van der Waals surface area contributed by atoms with E-state index in [0.717, 1.165) is 11.1 Å². The molecule has 0 radical (unpaired) electrons. The molecule has 1 heterocycles. The highest BCUT2D eigenvalue weighted by molar-refractivity contribution is 6.00. The van der Waals surface area contributed by atoms with Gasteiger partial charge in [0.2, 0.25) is 0 Å². The zero-order chi connectivity index (χ0) is 17.3. The Hall–Kier alpha value is -2.94. The Kier molecular flexibility index (Phi) is 3.94. The Labute approximate surface area is 141 Å². The van der Waals surface area contributed by atoms with Crippen LogP contribution >= 0.6 is 0 Å². The number of fused-ring (bicyclic) bond motifs is 1. The van der Waals surface area contributed by atoms with Crippen LogP contribution in [0.1, 0.15) is 11.5 Å². The van der Waals surface area contributed by atoms with Crippen molar-refractivity contribution in [2.45, 2.75) is 5.92 Å². The number of nitrogens with one attached hydrogen (secondary N) is 1. The molecule has 1 aliphatic carbocycles. The normalized spacial score (nSPS) is 28.7. The van der Waals surface area contributed by atoms with E-state index in [-0.39, 0.29) is 11.6 Å². The maximum Gasteiger partial charge on any atom is 0.189 e. The molecule has 24 heavy (non-hydrogen) atoms. The van der Waals surface area contributed by atoms with Gasteiger partial charge in [-0.15, -0.1) is 0 Å². The summed E-state index contributed by atoms with van der Waals surface area (Å²) in [5.41, 5.74) is 0.0569. The van der Waals surface area contributed by atoms with E-state index in [1.165, 1.54) is 0 Å². The first-order valence-corrected chi connectivity index (χ1v) is 7.83. The molecule has 1 saturated carbocycles. The van der Waals surface area contributed by atoms with Gasteiger partial charge in [0.1, 0.15) is 5.92 Å². The van der Waals surface area contributed by atoms with Crippen molar-refractivity contribution in [1.29, 1.82) is 21.2 Å². The fourth-order valence-corrected chi connectivity index (χ4v) is 3.99. The predicted molar refractivity (Wildman–Crippen MR) is 88.7 cm³/mol. The Bertz CT molecular complexity index is 804. The van der Waals surface area contributed by atoms with E-state index < -0.39 is 17.3 Å². The van der Waals surface area contributed by atoms with Crippen molar-refractivity contribution in [3.63, 3.8) is 0 Å². The van der Waals surface area contributed by atoms with Crippen LogP contribution in [0, 0.1) is 56.7 Å². The highest BCUT2D eigenvalue weighted by atomic mass is 15.1. The van der Waals surface area contributed by atoms with E-state index in [2.05, 4.69) is 23.1 Å². The minimum atomic E-state index is -1.61. The van der Waals surface area contributed by atoms with Gasteiger partial charge in [-0.2, -0.15) is 15.8 Å². The van der Waals surface area contributed by atoms with Gasteiger partial charge in [0.15, 0.2) is 5.41 Å². The molecule has 2 aliphatic rings. The fraction of sp³-hybridized carbons (Fsp3) is 0.368. The third-order valence-corrected chi connectivity index (χ3v) is 5.13. The SMILES string of the molecule is CN1CC=C2C(C#N)C(=N)C(C#N)(C#N)[C@H](c3ccccc3)[C@H]2C1. The van der Waals surface area contributed by atoms with Gasteiger partial charge in [0, 0.05) is 24.9 Å². The number of likely N-dealkylation sites (N-methyl/N-ethyl adjacent to an activating group) is 1. The molecule has 1 fully saturated rings. The fourth-order valence-electron chi connectivity index (χ4n) is 3.99. The minimum absolute atomic E-state index is 0.0871. The summed E-state index contributed by atoms with van der Waals surface area (Å²) in [4.78, 5) is 2.12. The molecule has 0 aromatic heterocycles. The summed E-state index contributed by atoms with van der Waals surface area (Å²) in [7, 11) is 1.98. The van der Waals surface area contributed by atoms with Crippen molar-refractivity contribution in [3.05, 3.63) is 47.5 Å². The number of nitrogens with zero attached hydrogens (tertiary/aromatic N) is 4. The van der Waals surface area contributed by atoms with Crippen molar-refractivity contribution in [1.82, 2.24) is 4.90 Å². The molecule has 3 rings (SSSR count). The second kappa shape index (κ2) is 5.93. The van der Waals surface area contributed by atoms with Crippen molar-refractivity contribution in [2.75, 3.05) is 20.1 Å². The molecule has 1 unspecified atom stereocenters. The second-order valence-electron chi connectivity index (χ2n) is 6.43. The molecule has 0 saturated heterocycles. The van der Waals surface area contributed by atoms with Crippen LogP contribution in [0.5, 0.6) is 0 Å². The van der Waals surface area contributed by atoms with Crippen molar-refractivity contribution in [3.8, 4) is 18.2 Å². The quantitative estimate of drug-likeness (QED) is 0.805. The van der Waals surface area contributed by atoms with Gasteiger partial charge in [-0.1, -0.05) is 36.4 Å². The molecule has 5 heteroatoms. The molecule has 0 bridgehead atoms. The first kappa shape index (κ1) is 15.9. The van der Waals surface area contributed by atoms with E-state index in [4.69, 9.17) is 5.41 Å². The van der Waals surface area contributed by atoms with Crippen molar-refractivity contribution < 1.29 is 0 Å². The van der Waals surface area contributed by atoms with Crippen LogP contribution in [0.4, 0.5) is 0 Å². The molecule has 0 amide bonds. The van der Waals surface area contributed by atoms with Crippen LogP contribution < -0.4 is 0 Å². The molecular weight excluding hydrogens is 298 g/mol. The lowest BCUT2D eigenvalue weighted by atomic mass is 9.54. The second-order valence-corrected chi connectivity index (χ2v) is 6.43. The maximum atomic E-state index is 9.86. The summed E-state index contributed by atoms with van der Waals surface area (Å²) in [5.74, 6) is -1.35. The topological polar surface area (TPSA) is 98.5 Å². The van der Waals surface area contributed by atoms with Gasteiger partial charge in [-0.25, -0.2) is 0 Å². The molecule has 5 nitrogen and oxygen atoms in total. The molecule has 1 N–H and O–H groups in total. The van der Waals surface area contributed by atoms with E-state index in [9.17, 15) is 15.8 Å². The van der Waals surface area contributed by atoms with Crippen LogP contribution in [-0.4, -0.2) is 30.7 Å². The van der Waals surface area contributed by atoms with Gasteiger partial charge in [-0.05, 0) is 18.2 Å². The van der Waals surface area contributed by atoms with Crippen molar-refractivity contribution >= 4 is 5.71 Å². The number of hydrogen-bond acceptors (Lipinski definition) is 5. The summed E-state index contributed by atoms with van der Waals surface area (Å²) >= 11 is 0. The summed E-state index contributed by atoms with van der Waals surface area (Å²) in [6, 6.07) is 15.8. The largest absolute Gasteiger partial charge is 0.305 e. The third-order valence-electron chi connectivity index (χ3n) is 5.13. The molecular formula is C19H17N5. The third kappa shape index (κ3) is 2.13. The highest BCUT2D eigenvalue weighted by Crippen LogP contribution is 2.53. The first-order chi connectivity index (χ1) is 11.6. The molecule has 118 valence electrons. The van der Waals surface area contributed by atoms with Gasteiger partial charge >= 0.3 is 0 Å². The number of hydrogen-bond donors (Lipinski definition) is 1. The monoisotopic (exact) mass is 315 g/mol. The molecule has 3 atom stereocenters. The Morgan fingerprint density at radius 2 is 1.83 bits per heavy atom. The number of nitriles is 3. The lowest BCUT2D eigenvalue weighted by Crippen LogP contribution is -2.52. The average molecular weight is 315 g/mol. The molecule has 1 aromatic rings. The molecule has 0 spiro atoms. The maximum absolute atomic E-state index is 9.86. The van der Waals surface area contributed by atoms with Crippen LogP contribution in [0.2, 0.25) is 0 Å². The van der Waals surface area contributed by atoms with Gasteiger partial charge in [0.25, 0.3) is 0 Å². The van der Waals surface area contributed by atoms with Gasteiger partial charge in [-0.3, -0.25) is 0 Å². The summed E-state index contributed by atoms with van der Waals surface area (Å²) < 4.78 is 0. The average Bonchev–Trinajstić information content (AvgIpc) is 2.62. The zero-order valence-electron chi connectivity index (χ0n) is 13.4. The summed E-state index contributed by atoms with van der Waals surface area (Å²) in [5, 5.41) is 37.8. The Morgan fingerprint density at radius 3 is 2.42 bits per heavy atom. The Balaban J connectivity index is 2.26. The molecule has 1 aliphatic heterocycles.